The first-order chi connectivity index (χ1) is 17.3. The fourth-order valence-electron chi connectivity index (χ4n) is 6.47. The normalized spacial score (nSPS) is 30.1. The van der Waals surface area contributed by atoms with Gasteiger partial charge in [-0.25, -0.2) is 0 Å². The van der Waals surface area contributed by atoms with Gasteiger partial charge < -0.3 is 15.1 Å². The minimum absolute atomic E-state index is 0.117. The van der Waals surface area contributed by atoms with Crippen LogP contribution in [0.2, 0.25) is 0 Å². The summed E-state index contributed by atoms with van der Waals surface area (Å²) in [5.74, 6) is 1.91. The molecule has 0 spiro atoms. The van der Waals surface area contributed by atoms with Crippen LogP contribution in [-0.2, 0) is 20.8 Å². The van der Waals surface area contributed by atoms with Crippen LogP contribution < -0.4 is 5.32 Å². The maximum absolute atomic E-state index is 13.5. The number of likely N-dealkylation sites (tertiary alicyclic amines) is 1. The number of hydrogen-bond acceptors (Lipinski definition) is 4. The number of hydrogen-bond donors (Lipinski definition) is 1. The zero-order valence-corrected chi connectivity index (χ0v) is 22.3. The van der Waals surface area contributed by atoms with E-state index in [0.29, 0.717) is 42.9 Å². The van der Waals surface area contributed by atoms with Gasteiger partial charge in [0.25, 0.3) is 0 Å². The maximum Gasteiger partial charge on any atom is 0.223 e. The molecule has 0 aliphatic carbocycles. The third kappa shape index (κ3) is 6.86. The van der Waals surface area contributed by atoms with E-state index in [4.69, 9.17) is 0 Å². The van der Waals surface area contributed by atoms with E-state index in [2.05, 4.69) is 36.0 Å². The third-order valence-corrected chi connectivity index (χ3v) is 8.57. The van der Waals surface area contributed by atoms with Gasteiger partial charge in [-0.3, -0.25) is 19.4 Å². The van der Waals surface area contributed by atoms with Crippen molar-refractivity contribution < 1.29 is 14.4 Å². The Balaban J connectivity index is 1.43. The average Bonchev–Trinajstić information content (AvgIpc) is 2.86. The predicted octanol–water partition coefficient (Wildman–Crippen LogP) is 3.82. The van der Waals surface area contributed by atoms with Crippen molar-refractivity contribution in [3.8, 4) is 0 Å². The second kappa shape index (κ2) is 12.2. The molecule has 3 fully saturated rings. The first-order valence-corrected chi connectivity index (χ1v) is 14.1. The maximum atomic E-state index is 13.5. The Kier molecular flexibility index (Phi) is 9.02. The van der Waals surface area contributed by atoms with Crippen molar-refractivity contribution in [2.24, 2.45) is 23.7 Å². The highest BCUT2D eigenvalue weighted by Crippen LogP contribution is 2.37. The molecule has 5 atom stereocenters. The minimum Gasteiger partial charge on any atom is -0.353 e. The van der Waals surface area contributed by atoms with Crippen molar-refractivity contribution in [3.05, 3.63) is 30.1 Å². The molecule has 0 unspecified atom stereocenters. The fourth-order valence-corrected chi connectivity index (χ4v) is 6.47. The molecule has 0 radical (unpaired) electrons. The van der Waals surface area contributed by atoms with Crippen LogP contribution in [0.5, 0.6) is 0 Å². The predicted molar refractivity (Wildman–Crippen MR) is 140 cm³/mol. The first kappa shape index (κ1) is 26.6. The molecule has 1 N–H and O–H groups in total. The molecule has 2 bridgehead atoms. The summed E-state index contributed by atoms with van der Waals surface area (Å²) >= 11 is 0. The van der Waals surface area contributed by atoms with Crippen molar-refractivity contribution >= 4 is 17.7 Å². The van der Waals surface area contributed by atoms with E-state index in [1.165, 1.54) is 0 Å². The van der Waals surface area contributed by atoms with Crippen LogP contribution in [0.3, 0.4) is 0 Å². The van der Waals surface area contributed by atoms with Crippen LogP contribution >= 0.6 is 0 Å². The number of carbonyl (C=O) groups is 3. The highest BCUT2D eigenvalue weighted by Gasteiger charge is 2.43. The van der Waals surface area contributed by atoms with Gasteiger partial charge in [0.1, 0.15) is 0 Å². The summed E-state index contributed by atoms with van der Waals surface area (Å²) in [4.78, 5) is 47.6. The summed E-state index contributed by atoms with van der Waals surface area (Å²) in [6, 6.07) is 4.22. The van der Waals surface area contributed by atoms with Gasteiger partial charge in [0.05, 0.1) is 0 Å². The molecule has 3 aliphatic rings. The van der Waals surface area contributed by atoms with E-state index in [9.17, 15) is 14.4 Å². The van der Waals surface area contributed by atoms with Crippen molar-refractivity contribution in [2.75, 3.05) is 19.6 Å². The van der Waals surface area contributed by atoms with E-state index in [0.717, 1.165) is 63.7 Å². The Morgan fingerprint density at radius 1 is 1.11 bits per heavy atom. The highest BCUT2D eigenvalue weighted by atomic mass is 16.2. The standard InChI is InChI=1S/C29H44N4O3/c1-20(2)25-9-7-21(3)15-29(36)33-18-23-16-24(26(33)5-4-6-27(34)31-25)19-32(17-23)28(35)10-8-22-11-13-30-14-12-22/h11-14,20-21,23-26H,4-10,15-19H2,1-3H3,(H,31,34)/t21-,23+,24+,25+,26+/m1/s1. The molecule has 3 aliphatic heterocycles. The van der Waals surface area contributed by atoms with Gasteiger partial charge >= 0.3 is 0 Å². The Hall–Kier alpha value is -2.44. The number of fused-ring (bicyclic) bond motifs is 4. The molecule has 36 heavy (non-hydrogen) atoms. The van der Waals surface area contributed by atoms with Crippen molar-refractivity contribution in [2.45, 2.75) is 90.6 Å². The van der Waals surface area contributed by atoms with Crippen molar-refractivity contribution in [1.29, 1.82) is 0 Å². The molecule has 3 saturated heterocycles. The summed E-state index contributed by atoms with van der Waals surface area (Å²) in [6.07, 6.45) is 10.4. The molecule has 0 aromatic carbocycles. The average molecular weight is 497 g/mol. The fraction of sp³-hybridized carbons (Fsp3) is 0.724. The number of nitrogens with zero attached hydrogens (tertiary/aromatic N) is 3. The molecular weight excluding hydrogens is 452 g/mol. The number of nitrogens with one attached hydrogen (secondary N) is 1. The summed E-state index contributed by atoms with van der Waals surface area (Å²) in [6.45, 7) is 8.68. The molecule has 1 aromatic rings. The number of amides is 3. The number of pyridine rings is 1. The van der Waals surface area contributed by atoms with Gasteiger partial charge in [-0.1, -0.05) is 20.8 Å². The Morgan fingerprint density at radius 2 is 1.89 bits per heavy atom. The zero-order chi connectivity index (χ0) is 25.7. The second-order valence-corrected chi connectivity index (χ2v) is 11.8. The van der Waals surface area contributed by atoms with E-state index in [1.54, 1.807) is 12.4 Å². The molecule has 3 amide bonds. The van der Waals surface area contributed by atoms with Crippen LogP contribution in [0.15, 0.2) is 24.5 Å². The topological polar surface area (TPSA) is 82.6 Å². The van der Waals surface area contributed by atoms with Gasteiger partial charge in [-0.2, -0.15) is 0 Å². The molecule has 1 aromatic heterocycles. The second-order valence-electron chi connectivity index (χ2n) is 11.8. The Labute approximate surface area is 216 Å². The number of aryl methyl sites for hydroxylation is 1. The number of piperidine rings is 2. The monoisotopic (exact) mass is 496 g/mol. The van der Waals surface area contributed by atoms with Crippen molar-refractivity contribution in [1.82, 2.24) is 20.1 Å². The summed E-state index contributed by atoms with van der Waals surface area (Å²) in [5.41, 5.74) is 1.13. The number of aromatic nitrogens is 1. The lowest BCUT2D eigenvalue weighted by atomic mass is 9.77. The van der Waals surface area contributed by atoms with Crippen molar-refractivity contribution in [3.63, 3.8) is 0 Å². The van der Waals surface area contributed by atoms with E-state index >= 15 is 0 Å². The van der Waals surface area contributed by atoms with Crippen LogP contribution in [0.4, 0.5) is 0 Å². The Bertz CT molecular complexity index is 905. The molecule has 4 rings (SSSR count). The van der Waals surface area contributed by atoms with Crippen LogP contribution in [0, 0.1) is 23.7 Å². The lowest BCUT2D eigenvalue weighted by Crippen LogP contribution is -2.60. The quantitative estimate of drug-likeness (QED) is 0.687. The zero-order valence-electron chi connectivity index (χ0n) is 22.3. The smallest absolute Gasteiger partial charge is 0.223 e. The van der Waals surface area contributed by atoms with Crippen LogP contribution in [0.1, 0.15) is 77.7 Å². The van der Waals surface area contributed by atoms with E-state index in [1.807, 2.05) is 17.0 Å². The lowest BCUT2D eigenvalue weighted by Gasteiger charge is -2.51. The Morgan fingerprint density at radius 3 is 2.64 bits per heavy atom. The van der Waals surface area contributed by atoms with Gasteiger partial charge in [0.2, 0.25) is 17.7 Å². The van der Waals surface area contributed by atoms with Gasteiger partial charge in [0, 0.05) is 63.4 Å². The molecule has 198 valence electrons. The minimum atomic E-state index is 0.117. The van der Waals surface area contributed by atoms with E-state index < -0.39 is 0 Å². The third-order valence-electron chi connectivity index (χ3n) is 8.57. The molecule has 4 heterocycles. The van der Waals surface area contributed by atoms with Gasteiger partial charge in [0.15, 0.2) is 0 Å². The largest absolute Gasteiger partial charge is 0.353 e. The first-order valence-electron chi connectivity index (χ1n) is 14.1. The van der Waals surface area contributed by atoms with Gasteiger partial charge in [-0.05, 0) is 79.9 Å². The number of carbonyl (C=O) groups excluding carboxylic acids is 3. The molecular formula is C29H44N4O3. The summed E-state index contributed by atoms with van der Waals surface area (Å²) < 4.78 is 0. The lowest BCUT2D eigenvalue weighted by molar-refractivity contribution is -0.146. The molecule has 0 saturated carbocycles. The molecule has 7 heteroatoms. The van der Waals surface area contributed by atoms with E-state index in [-0.39, 0.29) is 29.8 Å². The highest BCUT2D eigenvalue weighted by molar-refractivity contribution is 5.78. The van der Waals surface area contributed by atoms with Crippen LogP contribution in [0.25, 0.3) is 0 Å². The summed E-state index contributed by atoms with van der Waals surface area (Å²) in [7, 11) is 0. The SMILES string of the molecule is CC(C)[C@@H]1CC[C@@H](C)CC(=O)N2C[C@H]3C[C@@H](CN(C(=O)CCc4ccncc4)C3)[C@@H]2CCCC(=O)N1. The van der Waals surface area contributed by atoms with Gasteiger partial charge in [-0.15, -0.1) is 0 Å². The summed E-state index contributed by atoms with van der Waals surface area (Å²) in [5, 5.41) is 3.26. The molecule has 7 nitrogen and oxygen atoms in total. The number of rotatable bonds is 4. The van der Waals surface area contributed by atoms with Crippen LogP contribution in [-0.4, -0.2) is 64.2 Å².